The Morgan fingerprint density at radius 3 is 1.36 bits per heavy atom. The van der Waals surface area contributed by atoms with E-state index >= 15 is 0 Å². The first-order valence-corrected chi connectivity index (χ1v) is 32.3. The Morgan fingerprint density at radius 1 is 0.457 bits per heavy atom. The molecule has 0 aromatic carbocycles. The smallest absolute Gasteiger partial charge is 0.220 e. The van der Waals surface area contributed by atoms with Gasteiger partial charge in [0.2, 0.25) is 5.91 Å². The van der Waals surface area contributed by atoms with E-state index in [1.807, 2.05) is 6.08 Å². The van der Waals surface area contributed by atoms with Crippen molar-refractivity contribution in [2.45, 2.75) is 312 Å². The van der Waals surface area contributed by atoms with E-state index in [-0.39, 0.29) is 18.9 Å². The molecule has 0 aliphatic carbocycles. The maximum Gasteiger partial charge on any atom is 0.220 e. The van der Waals surface area contributed by atoms with Crippen LogP contribution in [0.5, 0.6) is 0 Å². The second-order valence-electron chi connectivity index (χ2n) is 22.5. The number of carbonyl (C=O) groups is 1. The lowest BCUT2D eigenvalue weighted by atomic mass is 9.97. The number of hydrogen-bond donors (Lipinski definition) is 9. The molecule has 0 spiro atoms. The average molecular weight is 1140 g/mol. The first kappa shape index (κ1) is 74.3. The molecule has 2 fully saturated rings. The highest BCUT2D eigenvalue weighted by Crippen LogP contribution is 2.30. The molecule has 14 heteroatoms. The van der Waals surface area contributed by atoms with Gasteiger partial charge in [-0.3, -0.25) is 4.79 Å². The van der Waals surface area contributed by atoms with Crippen molar-refractivity contribution < 1.29 is 64.6 Å². The van der Waals surface area contributed by atoms with Crippen molar-refractivity contribution in [3.05, 3.63) is 85.1 Å². The maximum absolute atomic E-state index is 13.2. The number of nitrogens with one attached hydrogen (secondary N) is 1. The van der Waals surface area contributed by atoms with Crippen LogP contribution in [-0.4, -0.2) is 140 Å². The molecule has 12 unspecified atom stereocenters. The van der Waals surface area contributed by atoms with E-state index in [1.54, 1.807) is 6.08 Å². The van der Waals surface area contributed by atoms with Crippen molar-refractivity contribution in [1.29, 1.82) is 0 Å². The van der Waals surface area contributed by atoms with Crippen molar-refractivity contribution in [2.24, 2.45) is 0 Å². The van der Waals surface area contributed by atoms with E-state index in [4.69, 9.17) is 18.9 Å². The summed E-state index contributed by atoms with van der Waals surface area (Å²) in [6.45, 7) is 2.63. The van der Waals surface area contributed by atoms with E-state index < -0.39 is 86.8 Å². The molecule has 0 radical (unpaired) electrons. The van der Waals surface area contributed by atoms with Crippen LogP contribution >= 0.6 is 0 Å². The summed E-state index contributed by atoms with van der Waals surface area (Å²) in [6, 6.07) is -0.965. The molecule has 2 heterocycles. The third-order valence-corrected chi connectivity index (χ3v) is 15.3. The summed E-state index contributed by atoms with van der Waals surface area (Å²) in [5.74, 6) is -0.296. The zero-order chi connectivity index (χ0) is 58.8. The quantitative estimate of drug-likeness (QED) is 0.0204. The first-order chi connectivity index (χ1) is 39.6. The Morgan fingerprint density at radius 2 is 0.864 bits per heavy atom. The van der Waals surface area contributed by atoms with E-state index in [0.29, 0.717) is 12.8 Å². The summed E-state index contributed by atoms with van der Waals surface area (Å²) in [4.78, 5) is 13.2. The van der Waals surface area contributed by atoms with Crippen LogP contribution in [0.15, 0.2) is 85.1 Å². The summed E-state index contributed by atoms with van der Waals surface area (Å²) in [5.41, 5.74) is 0. The minimum absolute atomic E-state index is 0.213. The van der Waals surface area contributed by atoms with Crippen LogP contribution in [0, 0.1) is 0 Å². The number of aliphatic hydroxyl groups is 8. The van der Waals surface area contributed by atoms with Gasteiger partial charge in [-0.25, -0.2) is 0 Å². The highest BCUT2D eigenvalue weighted by Gasteiger charge is 2.51. The van der Waals surface area contributed by atoms with Gasteiger partial charge in [0.1, 0.15) is 48.8 Å². The van der Waals surface area contributed by atoms with Crippen molar-refractivity contribution in [1.82, 2.24) is 5.32 Å². The monoisotopic (exact) mass is 1140 g/mol. The molecule has 81 heavy (non-hydrogen) atoms. The fourth-order valence-electron chi connectivity index (χ4n) is 10.1. The second kappa shape index (κ2) is 51.6. The van der Waals surface area contributed by atoms with Gasteiger partial charge in [-0.05, 0) is 83.5 Å². The SMILES string of the molecule is CC/C=C\C/C=C\C/C=C\C/C=C\CCCCC(=O)NC(COC1OC(CO)C(OC2OC(CO)C(O)C(O)C2O)C(O)C1O)C(O)/C=C/CC/C=C/CC/C=C/CCCCCCCCCCCCCCCCCCCCCCCC. The normalized spacial score (nSPS) is 24.7. The Labute approximate surface area is 491 Å². The molecule has 468 valence electrons. The molecule has 2 aliphatic heterocycles. The molecule has 14 nitrogen and oxygen atoms in total. The van der Waals surface area contributed by atoms with Crippen LogP contribution in [0.3, 0.4) is 0 Å². The Bertz CT molecular complexity index is 1680. The van der Waals surface area contributed by atoms with Crippen LogP contribution in [-0.2, 0) is 23.7 Å². The minimum Gasteiger partial charge on any atom is -0.394 e. The molecule has 9 N–H and O–H groups in total. The number of unbranched alkanes of at least 4 members (excludes halogenated alkanes) is 26. The van der Waals surface area contributed by atoms with Crippen molar-refractivity contribution in [3.8, 4) is 0 Å². The molecule has 2 aliphatic rings. The predicted molar refractivity (Wildman–Crippen MR) is 327 cm³/mol. The lowest BCUT2D eigenvalue weighted by Gasteiger charge is -2.46. The minimum atomic E-state index is -1.80. The van der Waals surface area contributed by atoms with Gasteiger partial charge in [-0.15, -0.1) is 0 Å². The standard InChI is InChI=1S/C67H117NO13/c1-3-5-7-9-11-13-15-17-19-20-21-22-23-24-25-26-27-28-29-30-31-32-33-34-35-37-38-40-42-44-46-48-50-56(71)55(68-59(72)51-49-47-45-43-41-39-36-18-16-14-12-10-8-6-4-2)54-78-66-64(77)62(75)65(58(53-70)80-66)81-67-63(76)61(74)60(73)57(52-69)79-67/h6,8,12,14,18,34-36,40-43,48,50,55-58,60-67,69-71,73-77H,3-5,7,9-11,13,15-17,19-33,37-39,44-47,49,51-54H2,1-2H3,(H,68,72)/b8-6-,14-12-,35-34+,36-18-,42-40+,43-41-,50-48+. The number of amides is 1. The lowest BCUT2D eigenvalue weighted by Crippen LogP contribution is -2.65. The first-order valence-electron chi connectivity index (χ1n) is 32.3. The number of ether oxygens (including phenoxy) is 4. The summed E-state index contributed by atoms with van der Waals surface area (Å²) in [7, 11) is 0. The third-order valence-electron chi connectivity index (χ3n) is 15.3. The maximum atomic E-state index is 13.2. The second-order valence-corrected chi connectivity index (χ2v) is 22.5. The molecular formula is C67H117NO13. The van der Waals surface area contributed by atoms with Crippen LogP contribution in [0.25, 0.3) is 0 Å². The zero-order valence-corrected chi connectivity index (χ0v) is 50.5. The molecule has 2 rings (SSSR count). The molecule has 2 saturated heterocycles. The summed E-state index contributed by atoms with van der Waals surface area (Å²) < 4.78 is 22.7. The van der Waals surface area contributed by atoms with Crippen molar-refractivity contribution in [2.75, 3.05) is 19.8 Å². The van der Waals surface area contributed by atoms with Crippen LogP contribution in [0.4, 0.5) is 0 Å². The molecule has 0 saturated carbocycles. The molecule has 12 atom stereocenters. The highest BCUT2D eigenvalue weighted by molar-refractivity contribution is 5.76. The largest absolute Gasteiger partial charge is 0.394 e. The van der Waals surface area contributed by atoms with Gasteiger partial charge in [0.15, 0.2) is 12.6 Å². The Kier molecular flexibility index (Phi) is 47.3. The van der Waals surface area contributed by atoms with E-state index in [1.165, 1.54) is 141 Å². The summed E-state index contributed by atoms with van der Waals surface area (Å²) >= 11 is 0. The molecule has 0 aromatic heterocycles. The van der Waals surface area contributed by atoms with Gasteiger partial charge in [-0.2, -0.15) is 0 Å². The van der Waals surface area contributed by atoms with Crippen molar-refractivity contribution >= 4 is 5.91 Å². The topological polar surface area (TPSA) is 228 Å². The van der Waals surface area contributed by atoms with Gasteiger partial charge < -0.3 is 65.1 Å². The Balaban J connectivity index is 1.71. The molecule has 0 bridgehead atoms. The van der Waals surface area contributed by atoms with Crippen molar-refractivity contribution in [3.63, 3.8) is 0 Å². The third kappa shape index (κ3) is 36.6. The summed E-state index contributed by atoms with van der Waals surface area (Å²) in [6.07, 6.45) is 53.8. The van der Waals surface area contributed by atoms with E-state index in [2.05, 4.69) is 92.1 Å². The van der Waals surface area contributed by atoms with E-state index in [0.717, 1.165) is 64.2 Å². The summed E-state index contributed by atoms with van der Waals surface area (Å²) in [5, 5.41) is 87.1. The van der Waals surface area contributed by atoms with Crippen LogP contribution < -0.4 is 5.32 Å². The average Bonchev–Trinajstić information content (AvgIpc) is 3.47. The predicted octanol–water partition coefficient (Wildman–Crippen LogP) is 12.1. The highest BCUT2D eigenvalue weighted by atomic mass is 16.7. The zero-order valence-electron chi connectivity index (χ0n) is 50.5. The number of allylic oxidation sites excluding steroid dienone is 13. The Hall–Kier alpha value is -2.83. The number of rotatable bonds is 51. The number of hydrogen-bond acceptors (Lipinski definition) is 13. The fourth-order valence-corrected chi connectivity index (χ4v) is 10.1. The lowest BCUT2D eigenvalue weighted by molar-refractivity contribution is -0.359. The van der Waals surface area contributed by atoms with Crippen LogP contribution in [0.1, 0.15) is 239 Å². The van der Waals surface area contributed by atoms with Gasteiger partial charge >= 0.3 is 0 Å². The van der Waals surface area contributed by atoms with Gasteiger partial charge in [0.05, 0.1) is 32.0 Å². The fraction of sp³-hybridized carbons (Fsp3) is 0.776. The molecule has 1 amide bonds. The van der Waals surface area contributed by atoms with Gasteiger partial charge in [0.25, 0.3) is 0 Å². The van der Waals surface area contributed by atoms with Crippen LogP contribution in [0.2, 0.25) is 0 Å². The van der Waals surface area contributed by atoms with Gasteiger partial charge in [-0.1, -0.05) is 234 Å². The van der Waals surface area contributed by atoms with E-state index in [9.17, 15) is 45.6 Å². The molecular weight excluding hydrogens is 1030 g/mol. The van der Waals surface area contributed by atoms with Gasteiger partial charge in [0, 0.05) is 6.42 Å². The number of aliphatic hydroxyl groups excluding tert-OH is 8. The number of carbonyl (C=O) groups excluding carboxylic acids is 1. The molecule has 0 aromatic rings.